The van der Waals surface area contributed by atoms with Gasteiger partial charge < -0.3 is 9.73 Å². The Morgan fingerprint density at radius 3 is 2.50 bits per heavy atom. The number of sulfone groups is 2. The summed E-state index contributed by atoms with van der Waals surface area (Å²) in [4.78, 5) is 0.0683. The van der Waals surface area contributed by atoms with Crippen LogP contribution in [0, 0.1) is 0 Å². The molecule has 0 amide bonds. The number of halogens is 1. The second-order valence-corrected chi connectivity index (χ2v) is 10.4. The van der Waals surface area contributed by atoms with Gasteiger partial charge in [0.1, 0.15) is 5.76 Å². The summed E-state index contributed by atoms with van der Waals surface area (Å²) in [5.41, 5.74) is 0. The van der Waals surface area contributed by atoms with Crippen LogP contribution in [0.25, 0.3) is 0 Å². The Labute approximate surface area is 145 Å². The van der Waals surface area contributed by atoms with Gasteiger partial charge in [-0.05, 0) is 36.4 Å². The van der Waals surface area contributed by atoms with Gasteiger partial charge in [-0.2, -0.15) is 0 Å². The number of furan rings is 1. The summed E-state index contributed by atoms with van der Waals surface area (Å²) in [5.74, 6) is 0.000780. The first kappa shape index (κ1) is 17.5. The molecular weight excluding hydrogens is 374 g/mol. The summed E-state index contributed by atoms with van der Waals surface area (Å²) in [6.45, 7) is 0.264. The first-order chi connectivity index (χ1) is 11.3. The fourth-order valence-corrected chi connectivity index (χ4v) is 7.60. The van der Waals surface area contributed by atoms with Crippen molar-refractivity contribution in [3.63, 3.8) is 0 Å². The van der Waals surface area contributed by atoms with Crippen molar-refractivity contribution in [3.05, 3.63) is 53.4 Å². The molecule has 9 heteroatoms. The molecule has 0 aliphatic carbocycles. The Kier molecular flexibility index (Phi) is 4.74. The predicted molar refractivity (Wildman–Crippen MR) is 90.4 cm³/mol. The van der Waals surface area contributed by atoms with Gasteiger partial charge in [0.05, 0.1) is 34.5 Å². The van der Waals surface area contributed by atoms with Crippen molar-refractivity contribution in [2.24, 2.45) is 0 Å². The summed E-state index contributed by atoms with van der Waals surface area (Å²) in [5, 5.41) is 2.37. The molecule has 0 radical (unpaired) electrons. The minimum atomic E-state index is -3.80. The fraction of sp³-hybridized carbons (Fsp3) is 0.333. The Balaban J connectivity index is 1.86. The molecule has 1 aliphatic heterocycles. The second-order valence-electron chi connectivity index (χ2n) is 5.68. The topological polar surface area (TPSA) is 93.4 Å². The third kappa shape index (κ3) is 3.66. The zero-order chi connectivity index (χ0) is 17.4. The molecule has 2 aromatic rings. The lowest BCUT2D eigenvalue weighted by atomic mass is 10.2. The van der Waals surface area contributed by atoms with E-state index in [-0.39, 0.29) is 17.2 Å². The molecule has 2 heterocycles. The van der Waals surface area contributed by atoms with Crippen LogP contribution in [0.4, 0.5) is 0 Å². The van der Waals surface area contributed by atoms with Gasteiger partial charge in [-0.15, -0.1) is 0 Å². The van der Waals surface area contributed by atoms with Crippen LogP contribution < -0.4 is 5.32 Å². The van der Waals surface area contributed by atoms with E-state index in [1.165, 1.54) is 30.5 Å². The molecule has 130 valence electrons. The van der Waals surface area contributed by atoms with E-state index in [0.29, 0.717) is 10.8 Å². The van der Waals surface area contributed by atoms with Crippen molar-refractivity contribution < 1.29 is 21.3 Å². The number of hydrogen-bond donors (Lipinski definition) is 1. The van der Waals surface area contributed by atoms with Crippen molar-refractivity contribution in [1.29, 1.82) is 0 Å². The maximum atomic E-state index is 12.8. The summed E-state index contributed by atoms with van der Waals surface area (Å²) in [6.07, 6.45) is 1.50. The monoisotopic (exact) mass is 389 g/mol. The fourth-order valence-electron chi connectivity index (χ4n) is 2.76. The molecule has 1 aliphatic rings. The Morgan fingerprint density at radius 2 is 1.88 bits per heavy atom. The highest BCUT2D eigenvalue weighted by molar-refractivity contribution is 7.96. The molecular formula is C15H16ClNO5S2. The molecule has 0 bridgehead atoms. The van der Waals surface area contributed by atoms with E-state index in [9.17, 15) is 16.8 Å². The van der Waals surface area contributed by atoms with E-state index in [1.807, 2.05) is 0 Å². The van der Waals surface area contributed by atoms with Gasteiger partial charge in [0, 0.05) is 11.1 Å². The number of nitrogens with one attached hydrogen (secondary N) is 1. The highest BCUT2D eigenvalue weighted by Gasteiger charge is 2.45. The van der Waals surface area contributed by atoms with Crippen molar-refractivity contribution in [2.75, 3.05) is 11.5 Å². The molecule has 6 nitrogen and oxygen atoms in total. The van der Waals surface area contributed by atoms with Crippen LogP contribution in [-0.4, -0.2) is 39.6 Å². The van der Waals surface area contributed by atoms with Crippen LogP contribution in [0.15, 0.2) is 52.0 Å². The first-order valence-electron chi connectivity index (χ1n) is 7.23. The van der Waals surface area contributed by atoms with Crippen LogP contribution in [0.3, 0.4) is 0 Å². The molecule has 24 heavy (non-hydrogen) atoms. The minimum absolute atomic E-state index is 0.0683. The van der Waals surface area contributed by atoms with Crippen LogP contribution in [0.2, 0.25) is 5.02 Å². The van der Waals surface area contributed by atoms with Crippen LogP contribution in [-0.2, 0) is 26.2 Å². The largest absolute Gasteiger partial charge is 0.468 e. The van der Waals surface area contributed by atoms with Crippen molar-refractivity contribution in [2.45, 2.75) is 22.7 Å². The van der Waals surface area contributed by atoms with E-state index in [2.05, 4.69) is 5.32 Å². The Hall–Kier alpha value is -1.35. The van der Waals surface area contributed by atoms with Gasteiger partial charge in [-0.1, -0.05) is 11.6 Å². The SMILES string of the molecule is O=S1(=O)CC(NCc2ccco2)C(S(=O)(=O)c2ccc(Cl)cc2)C1. The van der Waals surface area contributed by atoms with E-state index in [4.69, 9.17) is 16.0 Å². The van der Waals surface area contributed by atoms with Gasteiger partial charge in [0.2, 0.25) is 0 Å². The summed E-state index contributed by atoms with van der Waals surface area (Å²) in [7, 11) is -7.23. The van der Waals surface area contributed by atoms with Crippen LogP contribution in [0.5, 0.6) is 0 Å². The number of rotatable bonds is 5. The lowest BCUT2D eigenvalue weighted by Gasteiger charge is -2.19. The highest BCUT2D eigenvalue weighted by Crippen LogP contribution is 2.27. The van der Waals surface area contributed by atoms with Gasteiger partial charge in [-0.25, -0.2) is 16.8 Å². The first-order valence-corrected chi connectivity index (χ1v) is 11.0. The van der Waals surface area contributed by atoms with E-state index < -0.39 is 36.7 Å². The Morgan fingerprint density at radius 1 is 1.17 bits per heavy atom. The lowest BCUT2D eigenvalue weighted by Crippen LogP contribution is -2.42. The second kappa shape index (κ2) is 6.51. The zero-order valence-electron chi connectivity index (χ0n) is 12.6. The maximum Gasteiger partial charge on any atom is 0.183 e. The minimum Gasteiger partial charge on any atom is -0.468 e. The third-order valence-electron chi connectivity index (χ3n) is 3.96. The summed E-state index contributed by atoms with van der Waals surface area (Å²) >= 11 is 5.79. The molecule has 1 saturated heterocycles. The van der Waals surface area contributed by atoms with E-state index >= 15 is 0 Å². The molecule has 2 unspecified atom stereocenters. The van der Waals surface area contributed by atoms with Crippen molar-refractivity contribution in [1.82, 2.24) is 5.32 Å². The van der Waals surface area contributed by atoms with E-state index in [0.717, 1.165) is 0 Å². The number of benzene rings is 1. The molecule has 2 atom stereocenters. The average Bonchev–Trinajstić information content (AvgIpc) is 3.13. The van der Waals surface area contributed by atoms with Gasteiger partial charge in [0.25, 0.3) is 0 Å². The third-order valence-corrected chi connectivity index (χ3v) is 8.38. The zero-order valence-corrected chi connectivity index (χ0v) is 14.9. The van der Waals surface area contributed by atoms with Gasteiger partial charge >= 0.3 is 0 Å². The molecule has 3 rings (SSSR count). The van der Waals surface area contributed by atoms with Crippen molar-refractivity contribution >= 4 is 31.3 Å². The smallest absolute Gasteiger partial charge is 0.183 e. The van der Waals surface area contributed by atoms with Crippen LogP contribution in [0.1, 0.15) is 5.76 Å². The highest BCUT2D eigenvalue weighted by atomic mass is 35.5. The molecule has 1 aromatic heterocycles. The molecule has 1 fully saturated rings. The van der Waals surface area contributed by atoms with Crippen molar-refractivity contribution in [3.8, 4) is 0 Å². The van der Waals surface area contributed by atoms with Gasteiger partial charge in [0.15, 0.2) is 19.7 Å². The standard InChI is InChI=1S/C15H16ClNO5S2/c16-11-3-5-13(6-4-11)24(20,21)15-10-23(18,19)9-14(15)17-8-12-2-1-7-22-12/h1-7,14-15,17H,8-10H2. The molecule has 0 spiro atoms. The normalized spacial score (nSPS) is 23.4. The van der Waals surface area contributed by atoms with Crippen LogP contribution >= 0.6 is 11.6 Å². The van der Waals surface area contributed by atoms with Gasteiger partial charge in [-0.3, -0.25) is 0 Å². The summed E-state index contributed by atoms with van der Waals surface area (Å²) in [6, 6.07) is 8.49. The Bertz CT molecular complexity index is 905. The van der Waals surface area contributed by atoms with E-state index in [1.54, 1.807) is 12.1 Å². The molecule has 1 N–H and O–H groups in total. The lowest BCUT2D eigenvalue weighted by molar-refractivity contribution is 0.454. The summed E-state index contributed by atoms with van der Waals surface area (Å²) < 4.78 is 54.8. The molecule has 1 aromatic carbocycles. The number of hydrogen-bond acceptors (Lipinski definition) is 6. The predicted octanol–water partition coefficient (Wildman–Crippen LogP) is 1.66. The maximum absolute atomic E-state index is 12.8. The quantitative estimate of drug-likeness (QED) is 0.835. The molecule has 0 saturated carbocycles. The average molecular weight is 390 g/mol.